The number of hydrogen-bond acceptors (Lipinski definition) is 3. The van der Waals surface area contributed by atoms with Crippen molar-refractivity contribution in [1.82, 2.24) is 10.2 Å². The first-order valence-electron chi connectivity index (χ1n) is 5.61. The molecule has 1 aromatic carbocycles. The minimum Gasteiger partial charge on any atom is -0.477 e. The molecule has 1 heterocycles. The Hall–Kier alpha value is -2.43. The van der Waals surface area contributed by atoms with Gasteiger partial charge in [0.1, 0.15) is 5.56 Å². The van der Waals surface area contributed by atoms with E-state index in [4.69, 9.17) is 5.11 Å². The van der Waals surface area contributed by atoms with Crippen LogP contribution in [0.15, 0.2) is 29.1 Å². The zero-order valence-corrected chi connectivity index (χ0v) is 9.43. The van der Waals surface area contributed by atoms with Gasteiger partial charge in [-0.25, -0.2) is 9.89 Å². The quantitative estimate of drug-likeness (QED) is 0.788. The number of nitrogens with one attached hydrogen (secondary N) is 1. The number of benzene rings is 1. The zero-order chi connectivity index (χ0) is 12.7. The van der Waals surface area contributed by atoms with Crippen molar-refractivity contribution in [1.29, 1.82) is 0 Å². The lowest BCUT2D eigenvalue weighted by molar-refractivity contribution is 0.0693. The summed E-state index contributed by atoms with van der Waals surface area (Å²) in [4.78, 5) is 22.7. The highest BCUT2D eigenvalue weighted by atomic mass is 16.4. The number of nitrogens with zero attached hydrogens (tertiary/aromatic N) is 1. The summed E-state index contributed by atoms with van der Waals surface area (Å²) in [6.07, 6.45) is 1.26. The third kappa shape index (κ3) is 1.44. The zero-order valence-electron chi connectivity index (χ0n) is 9.43. The Labute approximate surface area is 102 Å². The van der Waals surface area contributed by atoms with Gasteiger partial charge in [-0.3, -0.25) is 4.79 Å². The van der Waals surface area contributed by atoms with Crippen molar-refractivity contribution in [2.75, 3.05) is 0 Å². The van der Waals surface area contributed by atoms with Crippen LogP contribution in [-0.2, 0) is 12.8 Å². The highest BCUT2D eigenvalue weighted by molar-refractivity contribution is 5.91. The lowest BCUT2D eigenvalue weighted by atomic mass is 9.87. The molecule has 2 aromatic rings. The minimum absolute atomic E-state index is 0.186. The molecule has 90 valence electrons. The first kappa shape index (κ1) is 10.7. The molecule has 2 N–H and O–H groups in total. The number of fused-ring (bicyclic) bond motifs is 3. The molecule has 18 heavy (non-hydrogen) atoms. The highest BCUT2D eigenvalue weighted by Crippen LogP contribution is 2.31. The van der Waals surface area contributed by atoms with Crippen LogP contribution >= 0.6 is 0 Å². The van der Waals surface area contributed by atoms with Gasteiger partial charge in [-0.15, -0.1) is 0 Å². The molecule has 0 radical (unpaired) electrons. The molecule has 1 aromatic heterocycles. The highest BCUT2D eigenvalue weighted by Gasteiger charge is 2.25. The monoisotopic (exact) mass is 242 g/mol. The summed E-state index contributed by atoms with van der Waals surface area (Å²) >= 11 is 0. The van der Waals surface area contributed by atoms with E-state index in [1.54, 1.807) is 0 Å². The van der Waals surface area contributed by atoms with Gasteiger partial charge in [-0.1, -0.05) is 24.3 Å². The van der Waals surface area contributed by atoms with Crippen LogP contribution in [0.2, 0.25) is 0 Å². The summed E-state index contributed by atoms with van der Waals surface area (Å²) in [5.41, 5.74) is 2.31. The smallest absolute Gasteiger partial charge is 0.341 e. The Balaban J connectivity index is 2.34. The Morgan fingerprint density at radius 2 is 2.06 bits per heavy atom. The first-order valence-corrected chi connectivity index (χ1v) is 5.61. The molecule has 1 aliphatic carbocycles. The fourth-order valence-electron chi connectivity index (χ4n) is 2.41. The largest absolute Gasteiger partial charge is 0.477 e. The van der Waals surface area contributed by atoms with Gasteiger partial charge in [-0.2, -0.15) is 5.10 Å². The molecule has 0 fully saturated rings. The van der Waals surface area contributed by atoms with Crippen LogP contribution in [0.4, 0.5) is 0 Å². The Bertz CT molecular complexity index is 704. The summed E-state index contributed by atoms with van der Waals surface area (Å²) in [6, 6.07) is 7.70. The van der Waals surface area contributed by atoms with E-state index in [2.05, 4.69) is 10.2 Å². The standard InChI is InChI=1S/C13H10N2O3/c16-12-10(13(17)18)9-6-5-7-3-1-2-4-8(7)11(9)14-15-12/h1-4H,5-6H2,(H,15,16)(H,17,18). The minimum atomic E-state index is -1.20. The van der Waals surface area contributed by atoms with E-state index in [9.17, 15) is 9.59 Å². The van der Waals surface area contributed by atoms with E-state index >= 15 is 0 Å². The fourth-order valence-corrected chi connectivity index (χ4v) is 2.41. The third-order valence-corrected chi connectivity index (χ3v) is 3.21. The molecule has 0 aliphatic heterocycles. The van der Waals surface area contributed by atoms with Crippen LogP contribution in [0.5, 0.6) is 0 Å². The summed E-state index contributed by atoms with van der Waals surface area (Å²) in [5, 5.41) is 15.4. The van der Waals surface area contributed by atoms with Crippen LogP contribution in [0.1, 0.15) is 21.5 Å². The summed E-state index contributed by atoms with van der Waals surface area (Å²) < 4.78 is 0. The van der Waals surface area contributed by atoms with Crippen LogP contribution in [-0.4, -0.2) is 21.3 Å². The molecule has 0 bridgehead atoms. The third-order valence-electron chi connectivity index (χ3n) is 3.21. The average molecular weight is 242 g/mol. The van der Waals surface area contributed by atoms with Gasteiger partial charge < -0.3 is 5.11 Å². The van der Waals surface area contributed by atoms with Gasteiger partial charge >= 0.3 is 5.97 Å². The average Bonchev–Trinajstić information content (AvgIpc) is 2.37. The van der Waals surface area contributed by atoms with E-state index in [0.29, 0.717) is 17.7 Å². The van der Waals surface area contributed by atoms with Crippen molar-refractivity contribution in [3.63, 3.8) is 0 Å². The van der Waals surface area contributed by atoms with E-state index in [1.165, 1.54) is 0 Å². The van der Waals surface area contributed by atoms with Gasteiger partial charge in [0.05, 0.1) is 5.69 Å². The van der Waals surface area contributed by atoms with Gasteiger partial charge in [0, 0.05) is 11.1 Å². The van der Waals surface area contributed by atoms with Crippen LogP contribution < -0.4 is 5.56 Å². The number of H-pyrrole nitrogens is 1. The van der Waals surface area contributed by atoms with Crippen molar-refractivity contribution in [3.8, 4) is 11.3 Å². The summed E-state index contributed by atoms with van der Waals surface area (Å²) in [5.74, 6) is -1.20. The van der Waals surface area contributed by atoms with Gasteiger partial charge in [0.15, 0.2) is 0 Å². The molecule has 5 nitrogen and oxygen atoms in total. The summed E-state index contributed by atoms with van der Waals surface area (Å²) in [6.45, 7) is 0. The van der Waals surface area contributed by atoms with Crippen LogP contribution in [0.25, 0.3) is 11.3 Å². The van der Waals surface area contributed by atoms with Gasteiger partial charge in [0.2, 0.25) is 0 Å². The predicted molar refractivity (Wildman–Crippen MR) is 64.7 cm³/mol. The molecule has 0 saturated carbocycles. The Kier molecular flexibility index (Phi) is 2.26. The second-order valence-corrected chi connectivity index (χ2v) is 4.22. The van der Waals surface area contributed by atoms with Crippen molar-refractivity contribution < 1.29 is 9.90 Å². The molecule has 5 heteroatoms. The molecule has 1 aliphatic rings. The van der Waals surface area contributed by atoms with E-state index < -0.39 is 11.5 Å². The Morgan fingerprint density at radius 3 is 2.83 bits per heavy atom. The Morgan fingerprint density at radius 1 is 1.28 bits per heavy atom. The van der Waals surface area contributed by atoms with Gasteiger partial charge in [0.25, 0.3) is 5.56 Å². The number of carboxylic acids is 1. The molecule has 0 unspecified atom stereocenters. The number of aryl methyl sites for hydroxylation is 1. The molecule has 0 atom stereocenters. The van der Waals surface area contributed by atoms with E-state index in [0.717, 1.165) is 17.5 Å². The van der Waals surface area contributed by atoms with Crippen molar-refractivity contribution >= 4 is 5.97 Å². The number of aromatic carboxylic acids is 1. The van der Waals surface area contributed by atoms with Crippen molar-refractivity contribution in [3.05, 3.63) is 51.3 Å². The second-order valence-electron chi connectivity index (χ2n) is 4.22. The normalized spacial score (nSPS) is 12.7. The molecular weight excluding hydrogens is 232 g/mol. The van der Waals surface area contributed by atoms with Crippen LogP contribution in [0.3, 0.4) is 0 Å². The first-order chi connectivity index (χ1) is 8.68. The lowest BCUT2D eigenvalue weighted by Gasteiger charge is -2.19. The van der Waals surface area contributed by atoms with Crippen molar-refractivity contribution in [2.45, 2.75) is 12.8 Å². The van der Waals surface area contributed by atoms with Crippen LogP contribution in [0, 0.1) is 0 Å². The maximum absolute atomic E-state index is 11.5. The molecule has 3 rings (SSSR count). The number of rotatable bonds is 1. The van der Waals surface area contributed by atoms with E-state index in [-0.39, 0.29) is 5.56 Å². The maximum atomic E-state index is 11.5. The van der Waals surface area contributed by atoms with Crippen molar-refractivity contribution in [2.24, 2.45) is 0 Å². The number of carboxylic acid groups (broad SMARTS) is 1. The fraction of sp³-hybridized carbons (Fsp3) is 0.154. The molecule has 0 spiro atoms. The summed E-state index contributed by atoms with van der Waals surface area (Å²) in [7, 11) is 0. The number of aromatic amines is 1. The van der Waals surface area contributed by atoms with E-state index in [1.807, 2.05) is 24.3 Å². The number of aromatic nitrogens is 2. The van der Waals surface area contributed by atoms with Gasteiger partial charge in [-0.05, 0) is 18.4 Å². The molecule has 0 amide bonds. The number of hydrogen-bond donors (Lipinski definition) is 2. The topological polar surface area (TPSA) is 83.0 Å². The number of carbonyl (C=O) groups is 1. The SMILES string of the molecule is O=C(O)c1c2c(n[nH]c1=O)-c1ccccc1CC2. The lowest BCUT2D eigenvalue weighted by Crippen LogP contribution is -2.24. The molecule has 0 saturated heterocycles. The molecular formula is C13H10N2O3. The second kappa shape index (κ2) is 3.80. The maximum Gasteiger partial charge on any atom is 0.341 e. The predicted octanol–water partition coefficient (Wildman–Crippen LogP) is 1.23.